The Hall–Kier alpha value is -7.89. The molecule has 5 nitrogen and oxygen atoms in total. The molecule has 0 fully saturated rings. The average Bonchev–Trinajstić information content (AvgIpc) is 3.89. The lowest BCUT2D eigenvalue weighted by Crippen LogP contribution is -2.12. The Kier molecular flexibility index (Phi) is 8.07. The van der Waals surface area contributed by atoms with Crippen LogP contribution in [0.3, 0.4) is 0 Å². The molecule has 0 saturated heterocycles. The highest BCUT2D eigenvalue weighted by atomic mass is 16.3. The molecule has 0 bridgehead atoms. The van der Waals surface area contributed by atoms with Crippen molar-refractivity contribution in [2.75, 3.05) is 9.80 Å². The van der Waals surface area contributed by atoms with Crippen molar-refractivity contribution in [1.82, 2.24) is 4.98 Å². The van der Waals surface area contributed by atoms with Crippen LogP contribution in [0.25, 0.3) is 66.4 Å². The molecule has 9 aromatic carbocycles. The highest BCUT2D eigenvalue weighted by Gasteiger charge is 2.24. The van der Waals surface area contributed by atoms with Crippen molar-refractivity contribution in [1.29, 1.82) is 0 Å². The number of anilines is 6. The van der Waals surface area contributed by atoms with Crippen molar-refractivity contribution in [3.8, 4) is 22.6 Å². The van der Waals surface area contributed by atoms with E-state index in [0.717, 1.165) is 83.5 Å². The normalized spacial score (nSPS) is 11.4. The van der Waals surface area contributed by atoms with Gasteiger partial charge in [-0.25, -0.2) is 4.98 Å². The van der Waals surface area contributed by atoms with Crippen LogP contribution in [0.2, 0.25) is 0 Å². The summed E-state index contributed by atoms with van der Waals surface area (Å²) in [7, 11) is 0. The summed E-state index contributed by atoms with van der Waals surface area (Å²) in [5, 5.41) is 4.23. The maximum Gasteiger partial charge on any atom is 0.227 e. The van der Waals surface area contributed by atoms with E-state index in [1.165, 1.54) is 5.56 Å². The molecule has 5 heteroatoms. The number of hydrogen-bond acceptors (Lipinski definition) is 5. The Balaban J connectivity index is 1.14. The van der Waals surface area contributed by atoms with Gasteiger partial charge >= 0.3 is 0 Å². The van der Waals surface area contributed by atoms with Crippen molar-refractivity contribution in [3.05, 3.63) is 212 Å². The molecule has 0 aliphatic carbocycles. The minimum absolute atomic E-state index is 0.575. The largest absolute Gasteiger partial charge is 0.456 e. The summed E-state index contributed by atoms with van der Waals surface area (Å²) in [6.45, 7) is 0. The van der Waals surface area contributed by atoms with E-state index in [1.807, 2.05) is 48.5 Å². The Labute approximate surface area is 335 Å². The number of oxazole rings is 1. The van der Waals surface area contributed by atoms with Gasteiger partial charge in [0.2, 0.25) is 5.89 Å². The third-order valence-corrected chi connectivity index (χ3v) is 10.8. The first kappa shape index (κ1) is 33.4. The summed E-state index contributed by atoms with van der Waals surface area (Å²) in [6.07, 6.45) is 0. The van der Waals surface area contributed by atoms with Crippen molar-refractivity contribution >= 4 is 77.9 Å². The summed E-state index contributed by atoms with van der Waals surface area (Å²) in [5.74, 6) is 0.575. The molecule has 58 heavy (non-hydrogen) atoms. The number of rotatable bonds is 8. The quantitative estimate of drug-likeness (QED) is 0.155. The van der Waals surface area contributed by atoms with Crippen LogP contribution in [0.1, 0.15) is 0 Å². The first-order valence-corrected chi connectivity index (χ1v) is 19.5. The van der Waals surface area contributed by atoms with Crippen LogP contribution in [0, 0.1) is 0 Å². The van der Waals surface area contributed by atoms with Gasteiger partial charge in [0.15, 0.2) is 5.58 Å². The maximum absolute atomic E-state index is 6.69. The molecule has 0 unspecified atom stereocenters. The lowest BCUT2D eigenvalue weighted by molar-refractivity contribution is 0.620. The predicted octanol–water partition coefficient (Wildman–Crippen LogP) is 15.2. The Morgan fingerprint density at radius 2 is 0.862 bits per heavy atom. The third-order valence-electron chi connectivity index (χ3n) is 10.8. The summed E-state index contributed by atoms with van der Waals surface area (Å²) in [5.41, 5.74) is 12.5. The van der Waals surface area contributed by atoms with Crippen molar-refractivity contribution < 1.29 is 8.83 Å². The van der Waals surface area contributed by atoms with E-state index in [4.69, 9.17) is 13.8 Å². The van der Waals surface area contributed by atoms with Crippen LogP contribution in [0.4, 0.5) is 34.1 Å². The van der Waals surface area contributed by atoms with Gasteiger partial charge in [-0.1, -0.05) is 121 Å². The van der Waals surface area contributed by atoms with Crippen LogP contribution in [-0.4, -0.2) is 4.98 Å². The highest BCUT2D eigenvalue weighted by Crippen LogP contribution is 2.47. The molecule has 0 amide bonds. The Morgan fingerprint density at radius 1 is 0.328 bits per heavy atom. The zero-order valence-corrected chi connectivity index (χ0v) is 31.4. The maximum atomic E-state index is 6.69. The number of nitrogens with zero attached hydrogens (tertiary/aromatic N) is 3. The molecule has 2 heterocycles. The van der Waals surface area contributed by atoms with Crippen LogP contribution in [0.15, 0.2) is 221 Å². The number of para-hydroxylation sites is 3. The lowest BCUT2D eigenvalue weighted by Gasteiger charge is -2.28. The second-order valence-electron chi connectivity index (χ2n) is 14.4. The lowest BCUT2D eigenvalue weighted by atomic mass is 10.0. The van der Waals surface area contributed by atoms with Gasteiger partial charge in [-0.3, -0.25) is 0 Å². The molecular weight excluding hydrogens is 711 g/mol. The van der Waals surface area contributed by atoms with Crippen LogP contribution < -0.4 is 9.80 Å². The highest BCUT2D eigenvalue weighted by molar-refractivity contribution is 6.13. The van der Waals surface area contributed by atoms with E-state index in [1.54, 1.807) is 0 Å². The summed E-state index contributed by atoms with van der Waals surface area (Å²) in [6, 6.07) is 73.9. The fourth-order valence-electron chi connectivity index (χ4n) is 8.12. The zero-order valence-electron chi connectivity index (χ0n) is 31.4. The fourth-order valence-corrected chi connectivity index (χ4v) is 8.12. The minimum atomic E-state index is 0.575. The molecule has 0 N–H and O–H groups in total. The van der Waals surface area contributed by atoms with E-state index in [2.05, 4.69) is 174 Å². The Morgan fingerprint density at radius 3 is 1.59 bits per heavy atom. The van der Waals surface area contributed by atoms with E-state index in [0.29, 0.717) is 11.5 Å². The van der Waals surface area contributed by atoms with Gasteiger partial charge < -0.3 is 18.6 Å². The first-order chi connectivity index (χ1) is 28.7. The van der Waals surface area contributed by atoms with Crippen molar-refractivity contribution in [3.63, 3.8) is 0 Å². The number of benzene rings is 9. The number of hydrogen-bond donors (Lipinski definition) is 0. The zero-order chi connectivity index (χ0) is 38.4. The number of furan rings is 1. The molecule has 0 atom stereocenters. The number of fused-ring (bicyclic) bond motifs is 5. The monoisotopic (exact) mass is 745 g/mol. The predicted molar refractivity (Wildman–Crippen MR) is 239 cm³/mol. The van der Waals surface area contributed by atoms with E-state index in [9.17, 15) is 0 Å². The van der Waals surface area contributed by atoms with Crippen molar-refractivity contribution in [2.24, 2.45) is 0 Å². The molecule has 0 aliphatic heterocycles. The van der Waals surface area contributed by atoms with Gasteiger partial charge in [-0.2, -0.15) is 0 Å². The Bertz CT molecular complexity index is 3210. The molecule has 0 spiro atoms. The second-order valence-corrected chi connectivity index (χ2v) is 14.4. The molecular formula is C53H35N3O2. The standard InChI is InChI=1S/C53H35N3O2/c1-5-15-36(16-6-1)37-25-27-42(28-26-37)56(41-21-11-4-12-22-41)52-45-31-29-43(33-39(45)34-50-51(52)54-53(58-50)38-17-7-2-8-18-38)55(40-19-9-3-10-20-40)44-30-32-49-47(35-44)46-23-13-14-24-48(46)57-49/h1-35H. The second kappa shape index (κ2) is 14.0. The minimum Gasteiger partial charge on any atom is -0.456 e. The van der Waals surface area contributed by atoms with E-state index < -0.39 is 0 Å². The van der Waals surface area contributed by atoms with Gasteiger partial charge in [-0.15, -0.1) is 0 Å². The molecule has 0 saturated carbocycles. The summed E-state index contributed by atoms with van der Waals surface area (Å²) in [4.78, 5) is 9.86. The molecule has 274 valence electrons. The fraction of sp³-hybridized carbons (Fsp3) is 0. The molecule has 2 aromatic heterocycles. The smallest absolute Gasteiger partial charge is 0.227 e. The average molecular weight is 746 g/mol. The molecule has 11 aromatic rings. The number of aromatic nitrogens is 1. The van der Waals surface area contributed by atoms with Gasteiger partial charge in [0, 0.05) is 50.2 Å². The van der Waals surface area contributed by atoms with Gasteiger partial charge in [-0.05, 0) is 108 Å². The molecule has 11 rings (SSSR count). The van der Waals surface area contributed by atoms with Gasteiger partial charge in [0.1, 0.15) is 16.7 Å². The van der Waals surface area contributed by atoms with Gasteiger partial charge in [0.25, 0.3) is 0 Å². The van der Waals surface area contributed by atoms with E-state index in [-0.39, 0.29) is 0 Å². The first-order valence-electron chi connectivity index (χ1n) is 19.5. The van der Waals surface area contributed by atoms with Crippen LogP contribution in [-0.2, 0) is 0 Å². The molecule has 0 aliphatic rings. The molecule has 0 radical (unpaired) electrons. The third kappa shape index (κ3) is 5.85. The summed E-state index contributed by atoms with van der Waals surface area (Å²) >= 11 is 0. The van der Waals surface area contributed by atoms with Gasteiger partial charge in [0.05, 0.1) is 5.69 Å². The SMILES string of the molecule is c1ccc(-c2ccc(N(c3ccccc3)c3c4ccc(N(c5ccccc5)c5ccc6oc7ccccc7c6c5)cc4cc4oc(-c5ccccc5)nc34)cc2)cc1. The van der Waals surface area contributed by atoms with Crippen LogP contribution in [0.5, 0.6) is 0 Å². The van der Waals surface area contributed by atoms with E-state index >= 15 is 0 Å². The van der Waals surface area contributed by atoms with Crippen molar-refractivity contribution in [2.45, 2.75) is 0 Å². The summed E-state index contributed by atoms with van der Waals surface area (Å²) < 4.78 is 12.9. The topological polar surface area (TPSA) is 45.7 Å². The van der Waals surface area contributed by atoms with Crippen LogP contribution >= 0.6 is 0 Å².